The molecule has 2 aliphatic rings. The van der Waals surface area contributed by atoms with E-state index in [9.17, 15) is 29.1 Å². The van der Waals surface area contributed by atoms with Crippen molar-refractivity contribution in [3.05, 3.63) is 71.8 Å². The Labute approximate surface area is 297 Å². The molecule has 0 radical (unpaired) electrons. The normalized spacial score (nSPS) is 22.0. The lowest BCUT2D eigenvalue weighted by molar-refractivity contribution is -0.168. The molecule has 10 nitrogen and oxygen atoms in total. The van der Waals surface area contributed by atoms with Gasteiger partial charge in [0.1, 0.15) is 17.5 Å². The molecule has 50 heavy (non-hydrogen) atoms. The van der Waals surface area contributed by atoms with Crippen molar-refractivity contribution < 1.29 is 38.6 Å². The van der Waals surface area contributed by atoms with Crippen molar-refractivity contribution in [2.75, 3.05) is 19.7 Å². The molecule has 2 saturated heterocycles. The van der Waals surface area contributed by atoms with Gasteiger partial charge >= 0.3 is 11.9 Å². The Kier molecular flexibility index (Phi) is 13.5. The summed E-state index contributed by atoms with van der Waals surface area (Å²) in [5, 5.41) is 9.22. The maximum absolute atomic E-state index is 12.9. The molecule has 2 aromatic rings. The first-order chi connectivity index (χ1) is 23.4. The molecule has 274 valence electrons. The summed E-state index contributed by atoms with van der Waals surface area (Å²) in [5.41, 5.74) is -1.01. The molecule has 0 aliphatic carbocycles. The minimum Gasteiger partial charge on any atom is -0.459 e. The number of carbonyl (C=O) groups excluding carboxylic acids is 5. The van der Waals surface area contributed by atoms with Gasteiger partial charge in [-0.05, 0) is 85.8 Å². The summed E-state index contributed by atoms with van der Waals surface area (Å²) >= 11 is 0. The van der Waals surface area contributed by atoms with Crippen molar-refractivity contribution in [3.63, 3.8) is 0 Å². The van der Waals surface area contributed by atoms with Gasteiger partial charge in [0, 0.05) is 39.0 Å². The highest BCUT2D eigenvalue weighted by Crippen LogP contribution is 2.43. The lowest BCUT2D eigenvalue weighted by atomic mass is 9.82. The first-order valence-corrected chi connectivity index (χ1v) is 17.6. The second-order valence-corrected chi connectivity index (χ2v) is 15.7. The SMILES string of the molecule is C[C@H](c1ccccc1)N1C[C@@](CCC=O)(C(=O)OC(C)(C)C)CC1=O.C[C@H](c1ccccc1)N1C[C@@](CCCO)(C(=O)OC(C)(C)C)CC1=O. The Morgan fingerprint density at radius 1 is 0.740 bits per heavy atom. The number of likely N-dealkylation sites (tertiary alicyclic amines) is 2. The van der Waals surface area contributed by atoms with Gasteiger partial charge in [-0.3, -0.25) is 19.2 Å². The van der Waals surface area contributed by atoms with Gasteiger partial charge < -0.3 is 29.2 Å². The number of rotatable bonds is 12. The number of aliphatic hydroxyl groups excluding tert-OH is 1. The molecule has 0 unspecified atom stereocenters. The first-order valence-electron chi connectivity index (χ1n) is 17.6. The predicted octanol–water partition coefficient (Wildman–Crippen LogP) is 6.37. The molecule has 2 amide bonds. The summed E-state index contributed by atoms with van der Waals surface area (Å²) in [4.78, 5) is 65.4. The lowest BCUT2D eigenvalue weighted by Crippen LogP contribution is -2.40. The maximum atomic E-state index is 12.9. The smallest absolute Gasteiger partial charge is 0.314 e. The third kappa shape index (κ3) is 10.5. The minimum atomic E-state index is -0.950. The van der Waals surface area contributed by atoms with E-state index in [0.717, 1.165) is 17.4 Å². The fraction of sp³-hybridized carbons (Fsp3) is 0.575. The quantitative estimate of drug-likeness (QED) is 0.201. The molecule has 0 aromatic heterocycles. The molecule has 2 heterocycles. The van der Waals surface area contributed by atoms with E-state index in [2.05, 4.69) is 0 Å². The number of benzene rings is 2. The van der Waals surface area contributed by atoms with Crippen LogP contribution in [0.5, 0.6) is 0 Å². The van der Waals surface area contributed by atoms with Crippen molar-refractivity contribution in [1.82, 2.24) is 9.80 Å². The molecule has 4 atom stereocenters. The van der Waals surface area contributed by atoms with Crippen LogP contribution in [-0.4, -0.2) is 75.8 Å². The minimum absolute atomic E-state index is 0.00697. The van der Waals surface area contributed by atoms with Crippen molar-refractivity contribution >= 4 is 30.0 Å². The largest absolute Gasteiger partial charge is 0.459 e. The lowest BCUT2D eigenvalue weighted by Gasteiger charge is -2.32. The summed E-state index contributed by atoms with van der Waals surface area (Å²) < 4.78 is 11.2. The highest BCUT2D eigenvalue weighted by atomic mass is 16.6. The molecule has 0 saturated carbocycles. The number of hydrogen-bond donors (Lipinski definition) is 1. The van der Waals surface area contributed by atoms with Crippen molar-refractivity contribution in [3.8, 4) is 0 Å². The van der Waals surface area contributed by atoms with Gasteiger partial charge in [-0.15, -0.1) is 0 Å². The second kappa shape index (κ2) is 16.8. The van der Waals surface area contributed by atoms with E-state index in [1.54, 1.807) is 30.6 Å². The van der Waals surface area contributed by atoms with E-state index in [0.29, 0.717) is 25.8 Å². The van der Waals surface area contributed by atoms with Crippen LogP contribution >= 0.6 is 0 Å². The zero-order valence-electron chi connectivity index (χ0n) is 31.1. The van der Waals surface area contributed by atoms with Crippen LogP contribution in [0.3, 0.4) is 0 Å². The molecular weight excluding hydrogens is 636 g/mol. The number of nitrogens with zero attached hydrogens (tertiary/aromatic N) is 2. The number of aliphatic hydroxyl groups is 1. The zero-order valence-corrected chi connectivity index (χ0v) is 31.1. The van der Waals surface area contributed by atoms with Crippen LogP contribution in [-0.2, 0) is 33.4 Å². The van der Waals surface area contributed by atoms with Crippen LogP contribution in [0.4, 0.5) is 0 Å². The molecular formula is C40H56N2O8. The monoisotopic (exact) mass is 692 g/mol. The van der Waals surface area contributed by atoms with E-state index < -0.39 is 28.0 Å². The van der Waals surface area contributed by atoms with Gasteiger partial charge in [-0.25, -0.2) is 0 Å². The number of esters is 2. The molecule has 2 aromatic carbocycles. The Balaban J connectivity index is 0.000000270. The Bertz CT molecular complexity index is 1470. The zero-order chi connectivity index (χ0) is 37.3. The van der Waals surface area contributed by atoms with E-state index >= 15 is 0 Å². The van der Waals surface area contributed by atoms with Crippen LogP contribution in [0, 0.1) is 10.8 Å². The van der Waals surface area contributed by atoms with E-state index in [4.69, 9.17) is 9.47 Å². The number of aldehydes is 1. The number of carbonyl (C=O) groups is 5. The van der Waals surface area contributed by atoms with Crippen LogP contribution < -0.4 is 0 Å². The number of amides is 2. The molecule has 2 aliphatic heterocycles. The summed E-state index contributed by atoms with van der Waals surface area (Å²) in [7, 11) is 0. The molecule has 1 N–H and O–H groups in total. The summed E-state index contributed by atoms with van der Waals surface area (Å²) in [5.74, 6) is -0.851. The average Bonchev–Trinajstić information content (AvgIpc) is 3.59. The van der Waals surface area contributed by atoms with E-state index in [1.165, 1.54) is 0 Å². The highest BCUT2D eigenvalue weighted by Gasteiger charge is 2.52. The standard InChI is InChI=1S/C20H29NO4.C20H27NO4/c2*1-15(16-9-6-5-7-10-16)21-14-20(11-8-12-22,13-17(21)23)18(24)25-19(2,3)4/h5-7,9-10,15,22H,8,11-14H2,1-4H3;5-7,9-10,12,15H,8,11,13-14H2,1-4H3/t2*15-,20+/m11/s1. The fourth-order valence-electron chi connectivity index (χ4n) is 6.59. The van der Waals surface area contributed by atoms with Crippen LogP contribution in [0.1, 0.15) is 117 Å². The van der Waals surface area contributed by atoms with Gasteiger partial charge in [-0.1, -0.05) is 60.7 Å². The van der Waals surface area contributed by atoms with E-state index in [1.807, 2.05) is 95.3 Å². The number of hydrogen-bond acceptors (Lipinski definition) is 8. The Morgan fingerprint density at radius 2 is 1.12 bits per heavy atom. The van der Waals surface area contributed by atoms with Crippen molar-refractivity contribution in [2.24, 2.45) is 10.8 Å². The van der Waals surface area contributed by atoms with Crippen LogP contribution in [0.2, 0.25) is 0 Å². The van der Waals surface area contributed by atoms with E-state index in [-0.39, 0.29) is 62.3 Å². The van der Waals surface area contributed by atoms with Gasteiger partial charge in [0.05, 0.1) is 22.9 Å². The van der Waals surface area contributed by atoms with Crippen LogP contribution in [0.25, 0.3) is 0 Å². The second-order valence-electron chi connectivity index (χ2n) is 15.7. The Morgan fingerprint density at radius 3 is 1.46 bits per heavy atom. The van der Waals surface area contributed by atoms with Gasteiger partial charge in [0.15, 0.2) is 0 Å². The maximum Gasteiger partial charge on any atom is 0.314 e. The summed E-state index contributed by atoms with van der Waals surface area (Å²) in [6.45, 7) is 15.4. The Hall–Kier alpha value is -4.05. The molecule has 2 fully saturated rings. The number of ether oxygens (including phenoxy) is 2. The molecule has 10 heteroatoms. The average molecular weight is 693 g/mol. The van der Waals surface area contributed by atoms with Crippen LogP contribution in [0.15, 0.2) is 60.7 Å². The molecule has 0 spiro atoms. The fourth-order valence-corrected chi connectivity index (χ4v) is 6.59. The van der Waals surface area contributed by atoms with Crippen molar-refractivity contribution in [1.29, 1.82) is 0 Å². The predicted molar refractivity (Wildman–Crippen MR) is 191 cm³/mol. The summed E-state index contributed by atoms with van der Waals surface area (Å²) in [6, 6.07) is 19.3. The third-order valence-electron chi connectivity index (χ3n) is 9.28. The summed E-state index contributed by atoms with van der Waals surface area (Å²) in [6.07, 6.45) is 2.50. The molecule has 4 rings (SSSR count). The van der Waals surface area contributed by atoms with Gasteiger partial charge in [-0.2, -0.15) is 0 Å². The van der Waals surface area contributed by atoms with Gasteiger partial charge in [0.2, 0.25) is 11.8 Å². The third-order valence-corrected chi connectivity index (χ3v) is 9.28. The highest BCUT2D eigenvalue weighted by molar-refractivity contribution is 5.91. The van der Waals surface area contributed by atoms with Crippen molar-refractivity contribution in [2.45, 2.75) is 117 Å². The topological polar surface area (TPSA) is 131 Å². The van der Waals surface area contributed by atoms with Gasteiger partial charge in [0.25, 0.3) is 0 Å². The molecule has 0 bridgehead atoms. The first kappa shape index (κ1) is 40.4.